The highest BCUT2D eigenvalue weighted by molar-refractivity contribution is 6.02. The molecule has 3 nitrogen and oxygen atoms in total. The molecule has 2 rings (SSSR count). The molecule has 0 atom stereocenters. The van der Waals surface area contributed by atoms with Gasteiger partial charge in [0.1, 0.15) is 5.75 Å². The lowest BCUT2D eigenvalue weighted by Gasteiger charge is -2.17. The molecule has 3 heteroatoms. The van der Waals surface area contributed by atoms with Gasteiger partial charge in [-0.25, -0.2) is 0 Å². The van der Waals surface area contributed by atoms with Crippen LogP contribution in [0.2, 0.25) is 0 Å². The smallest absolute Gasteiger partial charge is 0.169 e. The van der Waals surface area contributed by atoms with E-state index in [9.17, 15) is 15.3 Å². The van der Waals surface area contributed by atoms with Crippen molar-refractivity contribution in [2.24, 2.45) is 0 Å². The third kappa shape index (κ3) is 3.04. The van der Waals surface area contributed by atoms with Gasteiger partial charge in [-0.3, -0.25) is 0 Å². The first-order valence-electron chi connectivity index (χ1n) is 7.75. The normalized spacial score (nSPS) is 10.9. The van der Waals surface area contributed by atoms with Crippen molar-refractivity contribution in [3.63, 3.8) is 0 Å². The van der Waals surface area contributed by atoms with Crippen LogP contribution in [0.5, 0.6) is 17.2 Å². The SMILES string of the molecule is C=C(C)CCCc1c(C)ccc2c(O)c(C(=C)C)c(O)c(O)c12. The molecule has 0 unspecified atom stereocenters. The van der Waals surface area contributed by atoms with Gasteiger partial charge in [0.25, 0.3) is 0 Å². The Bertz CT molecular complexity index is 801. The van der Waals surface area contributed by atoms with E-state index in [0.29, 0.717) is 16.3 Å². The molecule has 0 spiro atoms. The third-order valence-electron chi connectivity index (χ3n) is 4.19. The van der Waals surface area contributed by atoms with Gasteiger partial charge < -0.3 is 15.3 Å². The van der Waals surface area contributed by atoms with Gasteiger partial charge in [-0.1, -0.05) is 24.3 Å². The molecule has 2 aromatic rings. The quantitative estimate of drug-likeness (QED) is 0.404. The third-order valence-corrected chi connectivity index (χ3v) is 4.19. The number of aromatic hydroxyl groups is 3. The molecule has 122 valence electrons. The monoisotopic (exact) mass is 312 g/mol. The topological polar surface area (TPSA) is 60.7 Å². The van der Waals surface area contributed by atoms with Crippen molar-refractivity contribution in [3.8, 4) is 17.2 Å². The van der Waals surface area contributed by atoms with Crippen LogP contribution >= 0.6 is 0 Å². The van der Waals surface area contributed by atoms with Crippen LogP contribution in [0.4, 0.5) is 0 Å². The average Bonchev–Trinajstić information content (AvgIpc) is 2.46. The second-order valence-electron chi connectivity index (χ2n) is 6.30. The summed E-state index contributed by atoms with van der Waals surface area (Å²) in [7, 11) is 0. The van der Waals surface area contributed by atoms with E-state index in [0.717, 1.165) is 36.0 Å². The van der Waals surface area contributed by atoms with E-state index in [-0.39, 0.29) is 22.8 Å². The summed E-state index contributed by atoms with van der Waals surface area (Å²) in [5.74, 6) is -0.539. The van der Waals surface area contributed by atoms with E-state index in [4.69, 9.17) is 0 Å². The molecule has 0 aliphatic heterocycles. The van der Waals surface area contributed by atoms with Crippen molar-refractivity contribution < 1.29 is 15.3 Å². The average molecular weight is 312 g/mol. The largest absolute Gasteiger partial charge is 0.507 e. The Morgan fingerprint density at radius 1 is 1.00 bits per heavy atom. The molecule has 0 fully saturated rings. The summed E-state index contributed by atoms with van der Waals surface area (Å²) in [6, 6.07) is 3.70. The van der Waals surface area contributed by atoms with E-state index in [1.807, 2.05) is 19.9 Å². The Balaban J connectivity index is 2.71. The zero-order valence-corrected chi connectivity index (χ0v) is 14.0. The van der Waals surface area contributed by atoms with Crippen LogP contribution in [0.1, 0.15) is 43.4 Å². The highest BCUT2D eigenvalue weighted by atomic mass is 16.3. The molecule has 0 heterocycles. The first kappa shape index (κ1) is 16.9. The van der Waals surface area contributed by atoms with Gasteiger partial charge in [0.15, 0.2) is 11.5 Å². The summed E-state index contributed by atoms with van der Waals surface area (Å²) in [6.07, 6.45) is 2.55. The molecular formula is C20H24O3. The molecule has 0 saturated heterocycles. The number of phenolic OH excluding ortho intramolecular Hbond substituents is 3. The van der Waals surface area contributed by atoms with Gasteiger partial charge in [-0.05, 0) is 56.7 Å². The molecule has 0 bridgehead atoms. The Hall–Kier alpha value is -2.42. The number of aryl methyl sites for hydroxylation is 2. The lowest BCUT2D eigenvalue weighted by molar-refractivity contribution is 0.400. The van der Waals surface area contributed by atoms with Crippen molar-refractivity contribution >= 4 is 16.3 Å². The van der Waals surface area contributed by atoms with E-state index in [2.05, 4.69) is 13.2 Å². The van der Waals surface area contributed by atoms with E-state index in [1.54, 1.807) is 13.0 Å². The number of rotatable bonds is 5. The van der Waals surface area contributed by atoms with Gasteiger partial charge in [-0.15, -0.1) is 6.58 Å². The van der Waals surface area contributed by atoms with Crippen LogP contribution in [0, 0.1) is 6.92 Å². The Morgan fingerprint density at radius 3 is 2.22 bits per heavy atom. The lowest BCUT2D eigenvalue weighted by atomic mass is 9.91. The first-order valence-corrected chi connectivity index (χ1v) is 7.75. The van der Waals surface area contributed by atoms with Crippen LogP contribution in [-0.2, 0) is 6.42 Å². The van der Waals surface area contributed by atoms with Gasteiger partial charge in [0.05, 0.1) is 5.56 Å². The Morgan fingerprint density at radius 2 is 1.65 bits per heavy atom. The van der Waals surface area contributed by atoms with E-state index < -0.39 is 0 Å². The van der Waals surface area contributed by atoms with Gasteiger partial charge in [-0.2, -0.15) is 0 Å². The van der Waals surface area contributed by atoms with E-state index >= 15 is 0 Å². The van der Waals surface area contributed by atoms with Crippen LogP contribution in [0.15, 0.2) is 30.9 Å². The van der Waals surface area contributed by atoms with Gasteiger partial charge >= 0.3 is 0 Å². The second kappa shape index (κ2) is 6.37. The summed E-state index contributed by atoms with van der Waals surface area (Å²) in [5.41, 5.74) is 3.78. The van der Waals surface area contributed by atoms with Crippen LogP contribution in [0.3, 0.4) is 0 Å². The number of benzene rings is 2. The predicted octanol–water partition coefficient (Wildman–Crippen LogP) is 5.20. The minimum absolute atomic E-state index is 0.0380. The molecule has 0 amide bonds. The summed E-state index contributed by atoms with van der Waals surface area (Å²) in [4.78, 5) is 0. The maximum Gasteiger partial charge on any atom is 0.169 e. The van der Waals surface area contributed by atoms with Crippen LogP contribution in [0.25, 0.3) is 16.3 Å². The molecule has 0 saturated carbocycles. The summed E-state index contributed by atoms with van der Waals surface area (Å²) < 4.78 is 0. The molecular weight excluding hydrogens is 288 g/mol. The summed E-state index contributed by atoms with van der Waals surface area (Å²) in [6.45, 7) is 13.3. The highest BCUT2D eigenvalue weighted by Crippen LogP contribution is 2.48. The first-order chi connectivity index (χ1) is 10.8. The second-order valence-corrected chi connectivity index (χ2v) is 6.30. The minimum Gasteiger partial charge on any atom is -0.507 e. The molecule has 0 radical (unpaired) electrons. The Labute approximate surface area is 137 Å². The van der Waals surface area contributed by atoms with Crippen molar-refractivity contribution in [2.45, 2.75) is 40.0 Å². The fourth-order valence-electron chi connectivity index (χ4n) is 3.00. The molecule has 0 aliphatic carbocycles. The van der Waals surface area contributed by atoms with Crippen LogP contribution in [-0.4, -0.2) is 15.3 Å². The highest BCUT2D eigenvalue weighted by Gasteiger charge is 2.21. The Kier molecular flexibility index (Phi) is 4.69. The molecule has 0 aromatic heterocycles. The molecule has 0 aliphatic rings. The zero-order chi connectivity index (χ0) is 17.3. The molecule has 2 aromatic carbocycles. The van der Waals surface area contributed by atoms with Crippen LogP contribution < -0.4 is 0 Å². The fourth-order valence-corrected chi connectivity index (χ4v) is 3.00. The summed E-state index contributed by atoms with van der Waals surface area (Å²) in [5, 5.41) is 32.4. The lowest BCUT2D eigenvalue weighted by Crippen LogP contribution is -1.95. The predicted molar refractivity (Wildman–Crippen MR) is 96.1 cm³/mol. The number of hydrogen-bond donors (Lipinski definition) is 3. The fraction of sp³-hybridized carbons (Fsp3) is 0.300. The summed E-state index contributed by atoms with van der Waals surface area (Å²) >= 11 is 0. The van der Waals surface area contributed by atoms with Crippen molar-refractivity contribution in [3.05, 3.63) is 47.6 Å². The van der Waals surface area contributed by atoms with Crippen molar-refractivity contribution in [1.29, 1.82) is 0 Å². The van der Waals surface area contributed by atoms with Crippen molar-refractivity contribution in [1.82, 2.24) is 0 Å². The molecule has 3 N–H and O–H groups in total. The maximum absolute atomic E-state index is 10.5. The van der Waals surface area contributed by atoms with Crippen molar-refractivity contribution in [2.75, 3.05) is 0 Å². The molecule has 23 heavy (non-hydrogen) atoms. The number of fused-ring (bicyclic) bond motifs is 1. The zero-order valence-electron chi connectivity index (χ0n) is 14.0. The number of hydrogen-bond acceptors (Lipinski definition) is 3. The standard InChI is InChI=1S/C20H24O3/c1-11(2)7-6-8-14-13(5)9-10-15-17(14)20(23)19(22)16(12(3)4)18(15)21/h9-10,21-23H,1,3,6-8H2,2,4-5H3. The number of allylic oxidation sites excluding steroid dienone is 2. The van der Waals surface area contributed by atoms with Gasteiger partial charge in [0, 0.05) is 10.8 Å². The number of phenols is 3. The van der Waals surface area contributed by atoms with Gasteiger partial charge in [0.2, 0.25) is 0 Å². The minimum atomic E-state index is -0.311. The van der Waals surface area contributed by atoms with E-state index in [1.165, 1.54) is 0 Å². The maximum atomic E-state index is 10.5.